The van der Waals surface area contributed by atoms with Crippen molar-refractivity contribution in [3.8, 4) is 0 Å². The van der Waals surface area contributed by atoms with E-state index in [9.17, 15) is 9.59 Å². The largest absolute Gasteiger partial charge is 0.468 e. The Balaban J connectivity index is 1.90. The van der Waals surface area contributed by atoms with E-state index < -0.39 is 5.97 Å². The summed E-state index contributed by atoms with van der Waals surface area (Å²) in [7, 11) is 1.30. The van der Waals surface area contributed by atoms with Gasteiger partial charge in [-0.3, -0.25) is 14.3 Å². The van der Waals surface area contributed by atoms with Gasteiger partial charge >= 0.3 is 5.97 Å². The molecule has 0 aliphatic carbocycles. The van der Waals surface area contributed by atoms with Crippen LogP contribution in [0.25, 0.3) is 6.08 Å². The Labute approximate surface area is 114 Å². The number of anilines is 1. The number of nitrogens with one attached hydrogen (secondary N) is 1. The summed E-state index contributed by atoms with van der Waals surface area (Å²) >= 11 is 0. The molecule has 2 aromatic heterocycles. The monoisotopic (exact) mass is 275 g/mol. The van der Waals surface area contributed by atoms with Gasteiger partial charge < -0.3 is 14.5 Å². The number of amides is 1. The highest BCUT2D eigenvalue weighted by Crippen LogP contribution is 2.06. The van der Waals surface area contributed by atoms with Gasteiger partial charge in [-0.05, 0) is 18.2 Å². The maximum absolute atomic E-state index is 11.6. The average Bonchev–Trinajstić information content (AvgIpc) is 3.08. The van der Waals surface area contributed by atoms with Crippen molar-refractivity contribution in [3.63, 3.8) is 0 Å². The quantitative estimate of drug-likeness (QED) is 0.656. The number of methoxy groups -OCH3 is 1. The zero-order valence-electron chi connectivity index (χ0n) is 10.8. The summed E-state index contributed by atoms with van der Waals surface area (Å²) in [6.45, 7) is -0.00535. The fraction of sp³-hybridized carbons (Fsp3) is 0.154. The van der Waals surface area contributed by atoms with Crippen molar-refractivity contribution in [1.82, 2.24) is 9.78 Å². The first kappa shape index (κ1) is 13.6. The zero-order valence-corrected chi connectivity index (χ0v) is 10.8. The van der Waals surface area contributed by atoms with Crippen molar-refractivity contribution in [1.29, 1.82) is 0 Å². The second-order valence-electron chi connectivity index (χ2n) is 3.84. The van der Waals surface area contributed by atoms with Crippen molar-refractivity contribution in [2.75, 3.05) is 12.4 Å². The molecule has 104 valence electrons. The molecule has 7 heteroatoms. The minimum Gasteiger partial charge on any atom is -0.468 e. The van der Waals surface area contributed by atoms with Crippen LogP contribution in [0.1, 0.15) is 5.76 Å². The lowest BCUT2D eigenvalue weighted by Crippen LogP contribution is -2.11. The fourth-order valence-corrected chi connectivity index (χ4v) is 1.44. The fourth-order valence-electron chi connectivity index (χ4n) is 1.44. The molecule has 1 N–H and O–H groups in total. The van der Waals surface area contributed by atoms with E-state index in [0.717, 1.165) is 0 Å². The van der Waals surface area contributed by atoms with Gasteiger partial charge in [-0.1, -0.05) is 0 Å². The van der Waals surface area contributed by atoms with E-state index in [1.54, 1.807) is 18.2 Å². The molecular weight excluding hydrogens is 262 g/mol. The maximum Gasteiger partial charge on any atom is 0.327 e. The summed E-state index contributed by atoms with van der Waals surface area (Å²) in [5.41, 5.74) is 0.489. The maximum atomic E-state index is 11.6. The lowest BCUT2D eigenvalue weighted by Gasteiger charge is -1.98. The van der Waals surface area contributed by atoms with Crippen LogP contribution < -0.4 is 5.32 Å². The Morgan fingerprint density at radius 2 is 2.40 bits per heavy atom. The van der Waals surface area contributed by atoms with Gasteiger partial charge in [0, 0.05) is 12.3 Å². The van der Waals surface area contributed by atoms with Gasteiger partial charge in [0.15, 0.2) is 0 Å². The summed E-state index contributed by atoms with van der Waals surface area (Å²) < 4.78 is 10.9. The van der Waals surface area contributed by atoms with Crippen LogP contribution in [0.5, 0.6) is 0 Å². The molecule has 0 aliphatic heterocycles. The third-order valence-electron chi connectivity index (χ3n) is 2.36. The van der Waals surface area contributed by atoms with Crippen molar-refractivity contribution < 1.29 is 18.7 Å². The first-order valence-electron chi connectivity index (χ1n) is 5.79. The zero-order chi connectivity index (χ0) is 14.4. The number of hydrogen-bond donors (Lipinski definition) is 1. The molecule has 2 heterocycles. The van der Waals surface area contributed by atoms with Gasteiger partial charge in [-0.2, -0.15) is 5.10 Å². The lowest BCUT2D eigenvalue weighted by atomic mass is 10.4. The summed E-state index contributed by atoms with van der Waals surface area (Å²) in [5.74, 6) is -0.149. The predicted molar refractivity (Wildman–Crippen MR) is 70.6 cm³/mol. The number of aromatic nitrogens is 2. The highest BCUT2D eigenvalue weighted by Gasteiger charge is 2.05. The molecule has 0 atom stereocenters. The molecule has 20 heavy (non-hydrogen) atoms. The molecule has 2 aromatic rings. The molecule has 1 amide bonds. The average molecular weight is 275 g/mol. The summed E-state index contributed by atoms with van der Waals surface area (Å²) in [5, 5.41) is 6.54. The molecule has 0 radical (unpaired) electrons. The molecule has 0 saturated carbocycles. The van der Waals surface area contributed by atoms with Crippen LogP contribution in [0.3, 0.4) is 0 Å². The minimum atomic E-state index is -0.413. The molecule has 0 bridgehead atoms. The van der Waals surface area contributed by atoms with Crippen molar-refractivity contribution in [3.05, 3.63) is 42.6 Å². The number of furan rings is 1. The normalized spacial score (nSPS) is 10.7. The van der Waals surface area contributed by atoms with Crippen LogP contribution in [0.4, 0.5) is 5.69 Å². The van der Waals surface area contributed by atoms with Gasteiger partial charge in [0.25, 0.3) is 0 Å². The van der Waals surface area contributed by atoms with E-state index in [2.05, 4.69) is 15.2 Å². The number of hydrogen-bond acceptors (Lipinski definition) is 5. The molecule has 0 unspecified atom stereocenters. The highest BCUT2D eigenvalue weighted by molar-refractivity contribution is 6.01. The van der Waals surface area contributed by atoms with Crippen molar-refractivity contribution in [2.24, 2.45) is 0 Å². The minimum absolute atomic E-state index is 0.00535. The summed E-state index contributed by atoms with van der Waals surface area (Å²) in [4.78, 5) is 22.7. The first-order valence-corrected chi connectivity index (χ1v) is 5.79. The van der Waals surface area contributed by atoms with Gasteiger partial charge in [-0.25, -0.2) is 0 Å². The Kier molecular flexibility index (Phi) is 4.33. The van der Waals surface area contributed by atoms with E-state index in [0.29, 0.717) is 11.4 Å². The van der Waals surface area contributed by atoms with E-state index in [1.807, 2.05) is 0 Å². The first-order chi connectivity index (χ1) is 9.67. The molecule has 0 fully saturated rings. The van der Waals surface area contributed by atoms with Gasteiger partial charge in [0.1, 0.15) is 12.3 Å². The molecule has 0 spiro atoms. The number of carbonyl (C=O) groups excluding carboxylic acids is 2. The second-order valence-corrected chi connectivity index (χ2v) is 3.84. The van der Waals surface area contributed by atoms with Crippen molar-refractivity contribution in [2.45, 2.75) is 6.54 Å². The topological polar surface area (TPSA) is 86.4 Å². The second kappa shape index (κ2) is 6.37. The molecule has 0 aliphatic rings. The molecule has 2 rings (SSSR count). The Bertz CT molecular complexity index is 613. The van der Waals surface area contributed by atoms with Crippen molar-refractivity contribution >= 4 is 23.6 Å². The van der Waals surface area contributed by atoms with Crippen LogP contribution in [0.15, 0.2) is 41.3 Å². The SMILES string of the molecule is COC(=O)Cn1cc(NC(=O)/C=C/c2ccco2)cn1. The van der Waals surface area contributed by atoms with E-state index in [4.69, 9.17) is 4.42 Å². The van der Waals surface area contributed by atoms with Crippen LogP contribution in [-0.2, 0) is 20.9 Å². The Hall–Kier alpha value is -2.83. The lowest BCUT2D eigenvalue weighted by molar-refractivity contribution is -0.141. The van der Waals surface area contributed by atoms with Crippen LogP contribution in [0.2, 0.25) is 0 Å². The van der Waals surface area contributed by atoms with E-state index in [-0.39, 0.29) is 12.5 Å². The number of rotatable bonds is 5. The van der Waals surface area contributed by atoms with E-state index in [1.165, 1.54) is 36.5 Å². The number of carbonyl (C=O) groups is 2. The third-order valence-corrected chi connectivity index (χ3v) is 2.36. The highest BCUT2D eigenvalue weighted by atomic mass is 16.5. The summed E-state index contributed by atoms with van der Waals surface area (Å²) in [6.07, 6.45) is 7.40. The predicted octanol–water partition coefficient (Wildman–Crippen LogP) is 1.30. The molecule has 7 nitrogen and oxygen atoms in total. The number of nitrogens with zero attached hydrogens (tertiary/aromatic N) is 2. The van der Waals surface area contributed by atoms with Crippen LogP contribution in [0, 0.1) is 0 Å². The van der Waals surface area contributed by atoms with Crippen LogP contribution in [-0.4, -0.2) is 28.8 Å². The third kappa shape index (κ3) is 3.84. The summed E-state index contributed by atoms with van der Waals surface area (Å²) in [6, 6.07) is 3.46. The molecule has 0 saturated heterocycles. The molecule has 0 aromatic carbocycles. The standard InChI is InChI=1S/C13H13N3O4/c1-19-13(18)9-16-8-10(7-14-16)15-12(17)5-4-11-3-2-6-20-11/h2-8H,9H2,1H3,(H,15,17)/b5-4+. The number of esters is 1. The number of ether oxygens (including phenoxy) is 1. The van der Waals surface area contributed by atoms with Gasteiger partial charge in [0.05, 0.1) is 25.3 Å². The molecular formula is C13H13N3O4. The Morgan fingerprint density at radius 3 is 3.10 bits per heavy atom. The smallest absolute Gasteiger partial charge is 0.327 e. The van der Waals surface area contributed by atoms with E-state index >= 15 is 0 Å². The van der Waals surface area contributed by atoms with Gasteiger partial charge in [-0.15, -0.1) is 0 Å². The van der Waals surface area contributed by atoms with Gasteiger partial charge in [0.2, 0.25) is 5.91 Å². The Morgan fingerprint density at radius 1 is 1.55 bits per heavy atom. The van der Waals surface area contributed by atoms with Crippen LogP contribution >= 0.6 is 0 Å².